The smallest absolute Gasteiger partial charge is 0.258 e. The number of terminal acetylenes is 1. The summed E-state index contributed by atoms with van der Waals surface area (Å²) in [6.45, 7) is 1.63. The van der Waals surface area contributed by atoms with E-state index in [4.69, 9.17) is 11.2 Å². The quantitative estimate of drug-likeness (QED) is 0.672. The van der Waals surface area contributed by atoms with Gasteiger partial charge in [-0.05, 0) is 12.1 Å². The first-order valence-corrected chi connectivity index (χ1v) is 7.53. The molecule has 0 saturated heterocycles. The van der Waals surface area contributed by atoms with Gasteiger partial charge in [0.05, 0.1) is 37.1 Å². The summed E-state index contributed by atoms with van der Waals surface area (Å²) in [4.78, 5) is 33.0. The highest BCUT2D eigenvalue weighted by molar-refractivity contribution is 5.78. The maximum atomic E-state index is 12.1. The van der Waals surface area contributed by atoms with Gasteiger partial charge in [0.1, 0.15) is 5.82 Å². The number of rotatable bonds is 8. The zero-order valence-electron chi connectivity index (χ0n) is 13.5. The number of hydrogen-bond acceptors (Lipinski definition) is 5. The van der Waals surface area contributed by atoms with Gasteiger partial charge in [-0.3, -0.25) is 14.5 Å². The van der Waals surface area contributed by atoms with Gasteiger partial charge in [-0.25, -0.2) is 4.98 Å². The van der Waals surface area contributed by atoms with Gasteiger partial charge in [-0.2, -0.15) is 0 Å². The van der Waals surface area contributed by atoms with E-state index >= 15 is 0 Å². The Morgan fingerprint density at radius 1 is 1.46 bits per heavy atom. The van der Waals surface area contributed by atoms with Crippen molar-refractivity contribution >= 4 is 16.8 Å². The maximum absolute atomic E-state index is 12.1. The molecule has 7 heteroatoms. The maximum Gasteiger partial charge on any atom is 0.258 e. The number of methoxy groups -OCH3 is 1. The topological polar surface area (TPSA) is 87.3 Å². The lowest BCUT2D eigenvalue weighted by molar-refractivity contribution is -0.122. The highest BCUT2D eigenvalue weighted by Crippen LogP contribution is 2.07. The monoisotopic (exact) mass is 328 g/mol. The fourth-order valence-electron chi connectivity index (χ4n) is 2.26. The van der Waals surface area contributed by atoms with Crippen molar-refractivity contribution in [3.05, 3.63) is 40.4 Å². The summed E-state index contributed by atoms with van der Waals surface area (Å²) in [5.74, 6) is 2.67. The van der Waals surface area contributed by atoms with Crippen LogP contribution in [-0.4, -0.2) is 54.1 Å². The van der Waals surface area contributed by atoms with E-state index in [1.807, 2.05) is 11.0 Å². The lowest BCUT2D eigenvalue weighted by atomic mass is 10.2. The normalized spacial score (nSPS) is 10.7. The highest BCUT2D eigenvalue weighted by Gasteiger charge is 2.13. The van der Waals surface area contributed by atoms with Crippen LogP contribution in [0.5, 0.6) is 0 Å². The first-order valence-electron chi connectivity index (χ1n) is 7.53. The Kier molecular flexibility index (Phi) is 6.49. The number of benzene rings is 1. The molecule has 0 radical (unpaired) electrons. The Morgan fingerprint density at radius 2 is 2.25 bits per heavy atom. The lowest BCUT2D eigenvalue weighted by Crippen LogP contribution is -2.39. The van der Waals surface area contributed by atoms with E-state index in [0.717, 1.165) is 0 Å². The molecule has 0 unspecified atom stereocenters. The number of para-hydroxylation sites is 1. The second kappa shape index (κ2) is 8.82. The summed E-state index contributed by atoms with van der Waals surface area (Å²) in [5.41, 5.74) is 0.429. The molecule has 0 aliphatic heterocycles. The largest absolute Gasteiger partial charge is 0.383 e. The molecule has 0 spiro atoms. The number of ether oxygens (including phenoxy) is 1. The Bertz CT molecular complexity index is 794. The van der Waals surface area contributed by atoms with Gasteiger partial charge in [0.25, 0.3) is 5.56 Å². The molecule has 0 atom stereocenters. The van der Waals surface area contributed by atoms with Crippen LogP contribution < -0.4 is 10.9 Å². The average molecular weight is 328 g/mol. The summed E-state index contributed by atoms with van der Waals surface area (Å²) in [6, 6.07) is 7.13. The van der Waals surface area contributed by atoms with Crippen molar-refractivity contribution in [3.8, 4) is 12.3 Å². The minimum absolute atomic E-state index is 0.140. The first kappa shape index (κ1) is 17.7. The summed E-state index contributed by atoms with van der Waals surface area (Å²) >= 11 is 0. The Labute approximate surface area is 140 Å². The molecule has 0 aliphatic carbocycles. The van der Waals surface area contributed by atoms with Crippen molar-refractivity contribution in [3.63, 3.8) is 0 Å². The van der Waals surface area contributed by atoms with Crippen molar-refractivity contribution in [1.29, 1.82) is 0 Å². The molecule has 2 aromatic rings. The van der Waals surface area contributed by atoms with Crippen LogP contribution in [0, 0.1) is 12.3 Å². The molecule has 0 fully saturated rings. The van der Waals surface area contributed by atoms with Gasteiger partial charge in [0.2, 0.25) is 5.91 Å². The van der Waals surface area contributed by atoms with Crippen LogP contribution in [-0.2, 0) is 16.1 Å². The fourth-order valence-corrected chi connectivity index (χ4v) is 2.26. The Hall–Kier alpha value is -2.69. The second-order valence-corrected chi connectivity index (χ2v) is 5.21. The first-order chi connectivity index (χ1) is 11.6. The molecular weight excluding hydrogens is 308 g/mol. The molecule has 0 saturated carbocycles. The standard InChI is InChI=1S/C17H20N4O3/c1-3-8-18-16(22)12-21(9-10-24-2)11-15-19-14-7-5-4-6-13(14)17(23)20-15/h1,4-7H,8-12H2,2H3,(H,18,22)(H,19,20,23). The minimum Gasteiger partial charge on any atom is -0.383 e. The van der Waals surface area contributed by atoms with E-state index in [-0.39, 0.29) is 24.6 Å². The number of fused-ring (bicyclic) bond motifs is 1. The highest BCUT2D eigenvalue weighted by atomic mass is 16.5. The van der Waals surface area contributed by atoms with Crippen molar-refractivity contribution in [2.45, 2.75) is 6.54 Å². The number of hydrogen-bond donors (Lipinski definition) is 2. The van der Waals surface area contributed by atoms with Crippen LogP contribution in [0.15, 0.2) is 29.1 Å². The van der Waals surface area contributed by atoms with Crippen molar-refractivity contribution in [2.75, 3.05) is 33.4 Å². The van der Waals surface area contributed by atoms with E-state index in [0.29, 0.717) is 36.4 Å². The molecular formula is C17H20N4O3. The number of carbonyl (C=O) groups excluding carboxylic acids is 1. The molecule has 126 valence electrons. The molecule has 0 bridgehead atoms. The minimum atomic E-state index is -0.195. The van der Waals surface area contributed by atoms with Gasteiger partial charge in [-0.15, -0.1) is 6.42 Å². The Morgan fingerprint density at radius 3 is 3.00 bits per heavy atom. The van der Waals surface area contributed by atoms with Crippen LogP contribution in [0.4, 0.5) is 0 Å². The third-order valence-electron chi connectivity index (χ3n) is 3.40. The number of aromatic amines is 1. The second-order valence-electron chi connectivity index (χ2n) is 5.21. The predicted molar refractivity (Wildman–Crippen MR) is 91.4 cm³/mol. The number of nitrogens with one attached hydrogen (secondary N) is 2. The average Bonchev–Trinajstić information content (AvgIpc) is 2.58. The van der Waals surface area contributed by atoms with Gasteiger partial charge in [-0.1, -0.05) is 18.1 Å². The molecule has 1 aromatic heterocycles. The molecule has 24 heavy (non-hydrogen) atoms. The number of amides is 1. The number of aromatic nitrogens is 2. The number of carbonyl (C=O) groups is 1. The number of H-pyrrole nitrogens is 1. The molecule has 1 heterocycles. The van der Waals surface area contributed by atoms with Crippen molar-refractivity contribution in [1.82, 2.24) is 20.2 Å². The van der Waals surface area contributed by atoms with Gasteiger partial charge < -0.3 is 15.0 Å². The Balaban J connectivity index is 2.14. The number of nitrogens with zero attached hydrogens (tertiary/aromatic N) is 2. The van der Waals surface area contributed by atoms with Crippen LogP contribution in [0.25, 0.3) is 10.9 Å². The summed E-state index contributed by atoms with van der Waals surface area (Å²) in [6.07, 6.45) is 5.13. The summed E-state index contributed by atoms with van der Waals surface area (Å²) < 4.78 is 5.07. The van der Waals surface area contributed by atoms with E-state index in [1.54, 1.807) is 25.3 Å². The zero-order valence-corrected chi connectivity index (χ0v) is 13.5. The molecule has 0 aliphatic rings. The SMILES string of the molecule is C#CCNC(=O)CN(CCOC)Cc1nc2ccccc2c(=O)[nH]1. The molecule has 1 amide bonds. The van der Waals surface area contributed by atoms with Crippen LogP contribution in [0.2, 0.25) is 0 Å². The van der Waals surface area contributed by atoms with Gasteiger partial charge in [0, 0.05) is 13.7 Å². The van der Waals surface area contributed by atoms with E-state index in [2.05, 4.69) is 21.2 Å². The summed E-state index contributed by atoms with van der Waals surface area (Å²) in [7, 11) is 1.59. The van der Waals surface area contributed by atoms with E-state index in [9.17, 15) is 9.59 Å². The van der Waals surface area contributed by atoms with Gasteiger partial charge in [0.15, 0.2) is 0 Å². The van der Waals surface area contributed by atoms with Gasteiger partial charge >= 0.3 is 0 Å². The van der Waals surface area contributed by atoms with Crippen LogP contribution in [0.1, 0.15) is 5.82 Å². The third-order valence-corrected chi connectivity index (χ3v) is 3.40. The molecule has 2 N–H and O–H groups in total. The van der Waals surface area contributed by atoms with Crippen molar-refractivity contribution < 1.29 is 9.53 Å². The summed E-state index contributed by atoms with van der Waals surface area (Å²) in [5, 5.41) is 3.15. The fraction of sp³-hybridized carbons (Fsp3) is 0.353. The lowest BCUT2D eigenvalue weighted by Gasteiger charge is -2.20. The molecule has 1 aromatic carbocycles. The van der Waals surface area contributed by atoms with E-state index < -0.39 is 0 Å². The van der Waals surface area contributed by atoms with Crippen molar-refractivity contribution in [2.24, 2.45) is 0 Å². The van der Waals surface area contributed by atoms with Crippen LogP contribution >= 0.6 is 0 Å². The zero-order chi connectivity index (χ0) is 17.4. The molecule has 2 rings (SSSR count). The third kappa shape index (κ3) is 4.91. The predicted octanol–water partition coefficient (Wildman–Crippen LogP) is 0.121. The van der Waals surface area contributed by atoms with Crippen LogP contribution in [0.3, 0.4) is 0 Å². The van der Waals surface area contributed by atoms with E-state index in [1.165, 1.54) is 0 Å². The molecule has 7 nitrogen and oxygen atoms in total.